The fourth-order valence-electron chi connectivity index (χ4n) is 0.999. The fraction of sp³-hybridized carbons (Fsp3) is 0.333. The lowest BCUT2D eigenvalue weighted by Gasteiger charge is -1.99. The van der Waals surface area contributed by atoms with Gasteiger partial charge < -0.3 is 9.67 Å². The number of rotatable bonds is 3. The maximum atomic E-state index is 10.5. The van der Waals surface area contributed by atoms with Crippen molar-refractivity contribution in [3.8, 4) is 0 Å². The lowest BCUT2D eigenvalue weighted by Crippen LogP contribution is -1.99. The summed E-state index contributed by atoms with van der Waals surface area (Å²) >= 11 is 0. The molecular formula is C9H12N2O2. The first kappa shape index (κ1) is 9.51. The van der Waals surface area contributed by atoms with E-state index in [0.717, 1.165) is 12.2 Å². The molecule has 0 aliphatic carbocycles. The van der Waals surface area contributed by atoms with Gasteiger partial charge in [-0.3, -0.25) is 0 Å². The standard InChI is InChI=1S/C9H12N2O2/c1-3-11-6-10-5-8(11)4-7(2)9(12)13/h4-6H,3H2,1-2H3,(H,12,13). The van der Waals surface area contributed by atoms with Gasteiger partial charge in [-0.1, -0.05) is 0 Å². The van der Waals surface area contributed by atoms with Gasteiger partial charge in [0.05, 0.1) is 18.2 Å². The second kappa shape index (κ2) is 3.89. The van der Waals surface area contributed by atoms with Crippen molar-refractivity contribution in [3.63, 3.8) is 0 Å². The molecule has 0 saturated heterocycles. The number of aliphatic carboxylic acids is 1. The molecule has 0 aromatic carbocycles. The van der Waals surface area contributed by atoms with Gasteiger partial charge in [-0.05, 0) is 19.9 Å². The van der Waals surface area contributed by atoms with Crippen molar-refractivity contribution in [3.05, 3.63) is 23.8 Å². The van der Waals surface area contributed by atoms with E-state index in [1.807, 2.05) is 11.5 Å². The Morgan fingerprint density at radius 3 is 3.00 bits per heavy atom. The maximum Gasteiger partial charge on any atom is 0.331 e. The Kier molecular flexibility index (Phi) is 2.84. The number of nitrogens with zero attached hydrogens (tertiary/aromatic N) is 2. The molecule has 1 heterocycles. The van der Waals surface area contributed by atoms with Crippen molar-refractivity contribution in [2.24, 2.45) is 0 Å². The van der Waals surface area contributed by atoms with E-state index >= 15 is 0 Å². The summed E-state index contributed by atoms with van der Waals surface area (Å²) in [6, 6.07) is 0. The minimum Gasteiger partial charge on any atom is -0.478 e. The average molecular weight is 180 g/mol. The van der Waals surface area contributed by atoms with Crippen LogP contribution in [0.15, 0.2) is 18.1 Å². The zero-order chi connectivity index (χ0) is 9.84. The number of hydrogen-bond donors (Lipinski definition) is 1. The van der Waals surface area contributed by atoms with Crippen molar-refractivity contribution >= 4 is 12.0 Å². The predicted molar refractivity (Wildman–Crippen MR) is 49.2 cm³/mol. The summed E-state index contributed by atoms with van der Waals surface area (Å²) in [4.78, 5) is 14.5. The molecule has 70 valence electrons. The predicted octanol–water partition coefficient (Wildman–Crippen LogP) is 1.39. The van der Waals surface area contributed by atoms with Gasteiger partial charge in [0, 0.05) is 12.1 Å². The molecule has 0 aliphatic heterocycles. The van der Waals surface area contributed by atoms with Crippen LogP contribution in [0.5, 0.6) is 0 Å². The van der Waals surface area contributed by atoms with Crippen LogP contribution < -0.4 is 0 Å². The molecule has 1 N–H and O–H groups in total. The van der Waals surface area contributed by atoms with E-state index in [1.165, 1.54) is 0 Å². The molecule has 0 fully saturated rings. The molecule has 4 nitrogen and oxygen atoms in total. The first-order chi connectivity index (χ1) is 6.15. The Morgan fingerprint density at radius 1 is 1.77 bits per heavy atom. The highest BCUT2D eigenvalue weighted by atomic mass is 16.4. The van der Waals surface area contributed by atoms with E-state index in [0.29, 0.717) is 5.57 Å². The number of hydrogen-bond acceptors (Lipinski definition) is 2. The van der Waals surface area contributed by atoms with Gasteiger partial charge in [0.25, 0.3) is 0 Å². The Bertz CT molecular complexity index is 339. The minimum atomic E-state index is -0.899. The lowest BCUT2D eigenvalue weighted by atomic mass is 10.2. The number of imidazole rings is 1. The molecule has 0 unspecified atom stereocenters. The summed E-state index contributed by atoms with van der Waals surface area (Å²) in [6.45, 7) is 4.34. The molecule has 0 spiro atoms. The van der Waals surface area contributed by atoms with Gasteiger partial charge in [-0.25, -0.2) is 9.78 Å². The van der Waals surface area contributed by atoms with Gasteiger partial charge >= 0.3 is 5.97 Å². The van der Waals surface area contributed by atoms with E-state index in [1.54, 1.807) is 25.5 Å². The van der Waals surface area contributed by atoms with Gasteiger partial charge in [-0.2, -0.15) is 0 Å². The van der Waals surface area contributed by atoms with E-state index in [9.17, 15) is 4.79 Å². The first-order valence-electron chi connectivity index (χ1n) is 4.07. The third-order valence-electron chi connectivity index (χ3n) is 1.79. The van der Waals surface area contributed by atoms with Gasteiger partial charge in [0.1, 0.15) is 0 Å². The SMILES string of the molecule is CCn1cncc1C=C(C)C(=O)O. The number of carboxylic acids is 1. The molecule has 0 amide bonds. The van der Waals surface area contributed by atoms with Crippen LogP contribution in [-0.2, 0) is 11.3 Å². The summed E-state index contributed by atoms with van der Waals surface area (Å²) in [5.41, 5.74) is 1.14. The van der Waals surface area contributed by atoms with E-state index in [-0.39, 0.29) is 0 Å². The van der Waals surface area contributed by atoms with Crippen LogP contribution in [0.25, 0.3) is 6.08 Å². The van der Waals surface area contributed by atoms with Crippen LogP contribution in [-0.4, -0.2) is 20.6 Å². The zero-order valence-corrected chi connectivity index (χ0v) is 7.69. The first-order valence-corrected chi connectivity index (χ1v) is 4.07. The number of carboxylic acid groups (broad SMARTS) is 1. The number of aromatic nitrogens is 2. The van der Waals surface area contributed by atoms with E-state index in [4.69, 9.17) is 5.11 Å². The quantitative estimate of drug-likeness (QED) is 0.715. The summed E-state index contributed by atoms with van der Waals surface area (Å²) in [5.74, 6) is -0.899. The molecule has 1 rings (SSSR count). The Hall–Kier alpha value is -1.58. The van der Waals surface area contributed by atoms with Gasteiger partial charge in [-0.15, -0.1) is 0 Å². The topological polar surface area (TPSA) is 55.1 Å². The van der Waals surface area contributed by atoms with Crippen molar-refractivity contribution in [2.45, 2.75) is 20.4 Å². The molecule has 0 atom stereocenters. The van der Waals surface area contributed by atoms with Crippen LogP contribution in [0.3, 0.4) is 0 Å². The van der Waals surface area contributed by atoms with E-state index in [2.05, 4.69) is 4.98 Å². The molecule has 4 heteroatoms. The molecule has 0 aliphatic rings. The maximum absolute atomic E-state index is 10.5. The fourth-order valence-corrected chi connectivity index (χ4v) is 0.999. The van der Waals surface area contributed by atoms with E-state index < -0.39 is 5.97 Å². The molecule has 0 saturated carbocycles. The molecule has 0 bridgehead atoms. The van der Waals surface area contributed by atoms with Crippen molar-refractivity contribution in [2.75, 3.05) is 0 Å². The lowest BCUT2D eigenvalue weighted by molar-refractivity contribution is -0.132. The summed E-state index contributed by atoms with van der Waals surface area (Å²) in [7, 11) is 0. The van der Waals surface area contributed by atoms with Crippen molar-refractivity contribution in [1.29, 1.82) is 0 Å². The third kappa shape index (κ3) is 2.18. The van der Waals surface area contributed by atoms with Crippen LogP contribution >= 0.6 is 0 Å². The molecule has 1 aromatic heterocycles. The second-order valence-electron chi connectivity index (χ2n) is 2.74. The van der Waals surface area contributed by atoms with Gasteiger partial charge in [0.2, 0.25) is 0 Å². The monoisotopic (exact) mass is 180 g/mol. The average Bonchev–Trinajstić information content (AvgIpc) is 2.51. The Labute approximate surface area is 76.5 Å². The van der Waals surface area contributed by atoms with Crippen molar-refractivity contribution < 1.29 is 9.90 Å². The number of carbonyl (C=O) groups is 1. The largest absolute Gasteiger partial charge is 0.478 e. The van der Waals surface area contributed by atoms with Crippen LogP contribution in [0, 0.1) is 0 Å². The smallest absolute Gasteiger partial charge is 0.331 e. The highest BCUT2D eigenvalue weighted by Crippen LogP contribution is 2.06. The highest BCUT2D eigenvalue weighted by Gasteiger charge is 2.02. The molecule has 13 heavy (non-hydrogen) atoms. The Balaban J connectivity index is 2.96. The summed E-state index contributed by atoms with van der Waals surface area (Å²) in [5, 5.41) is 8.65. The summed E-state index contributed by atoms with van der Waals surface area (Å²) < 4.78 is 1.88. The summed E-state index contributed by atoms with van der Waals surface area (Å²) in [6.07, 6.45) is 4.94. The highest BCUT2D eigenvalue weighted by molar-refractivity contribution is 5.91. The normalized spacial score (nSPS) is 11.7. The van der Waals surface area contributed by atoms with Crippen LogP contribution in [0.1, 0.15) is 19.5 Å². The Morgan fingerprint density at radius 2 is 2.46 bits per heavy atom. The van der Waals surface area contributed by atoms with Gasteiger partial charge in [0.15, 0.2) is 0 Å². The molecular weight excluding hydrogens is 168 g/mol. The van der Waals surface area contributed by atoms with Crippen molar-refractivity contribution in [1.82, 2.24) is 9.55 Å². The molecule has 1 aromatic rings. The minimum absolute atomic E-state index is 0.315. The number of aryl methyl sites for hydroxylation is 1. The van der Waals surface area contributed by atoms with Crippen LogP contribution in [0.2, 0.25) is 0 Å². The second-order valence-corrected chi connectivity index (χ2v) is 2.74. The zero-order valence-electron chi connectivity index (χ0n) is 7.69. The third-order valence-corrected chi connectivity index (χ3v) is 1.79. The molecule has 0 radical (unpaired) electrons. The van der Waals surface area contributed by atoms with Crippen LogP contribution in [0.4, 0.5) is 0 Å².